The summed E-state index contributed by atoms with van der Waals surface area (Å²) < 4.78 is 44.3. The highest BCUT2D eigenvalue weighted by atomic mass is 35.5. The number of nitrogens with zero attached hydrogens (tertiary/aromatic N) is 2. The average Bonchev–Trinajstić information content (AvgIpc) is 2.82. The van der Waals surface area contributed by atoms with Gasteiger partial charge in [0.15, 0.2) is 6.04 Å². The van der Waals surface area contributed by atoms with E-state index in [0.29, 0.717) is 5.01 Å². The van der Waals surface area contributed by atoms with Crippen molar-refractivity contribution < 1.29 is 22.7 Å². The Morgan fingerprint density at radius 3 is 2.45 bits per heavy atom. The molecule has 2 rings (SSSR count). The molecule has 1 heterocycles. The standard InChI is InChI=1S/C13H11Cl2F3N2O2/c1-2-22-12(21)10-6-11(13(16,17)18)20(19-10)9-4-7(14)3-8(15)5-9/h3-5,11H,2,6H2,1H3. The highest BCUT2D eigenvalue weighted by Crippen LogP contribution is 2.37. The zero-order valence-electron chi connectivity index (χ0n) is 11.3. The Morgan fingerprint density at radius 2 is 1.95 bits per heavy atom. The highest BCUT2D eigenvalue weighted by Gasteiger charge is 2.49. The fourth-order valence-electron chi connectivity index (χ4n) is 2.01. The van der Waals surface area contributed by atoms with Crippen molar-refractivity contribution in [3.8, 4) is 0 Å². The lowest BCUT2D eigenvalue weighted by Crippen LogP contribution is -2.40. The quantitative estimate of drug-likeness (QED) is 0.768. The normalized spacial score (nSPS) is 18.4. The molecule has 1 aliphatic heterocycles. The number of alkyl halides is 3. The molecule has 0 aliphatic carbocycles. The third-order valence-electron chi connectivity index (χ3n) is 2.91. The third kappa shape index (κ3) is 3.64. The van der Waals surface area contributed by atoms with Crippen molar-refractivity contribution in [1.82, 2.24) is 0 Å². The minimum Gasteiger partial charge on any atom is -0.461 e. The fourth-order valence-corrected chi connectivity index (χ4v) is 2.53. The molecule has 22 heavy (non-hydrogen) atoms. The van der Waals surface area contributed by atoms with Crippen LogP contribution >= 0.6 is 23.2 Å². The lowest BCUT2D eigenvalue weighted by Gasteiger charge is -2.25. The molecule has 120 valence electrons. The van der Waals surface area contributed by atoms with Crippen molar-refractivity contribution in [3.05, 3.63) is 28.2 Å². The molecule has 0 saturated carbocycles. The van der Waals surface area contributed by atoms with Gasteiger partial charge in [0.05, 0.1) is 12.3 Å². The lowest BCUT2D eigenvalue weighted by molar-refractivity contribution is -0.145. The molecule has 0 amide bonds. The molecule has 1 unspecified atom stereocenters. The van der Waals surface area contributed by atoms with Gasteiger partial charge in [0.25, 0.3) is 0 Å². The van der Waals surface area contributed by atoms with Gasteiger partial charge in [-0.1, -0.05) is 23.2 Å². The molecule has 1 aliphatic rings. The van der Waals surface area contributed by atoms with Gasteiger partial charge in [-0.05, 0) is 25.1 Å². The highest BCUT2D eigenvalue weighted by molar-refractivity contribution is 6.37. The zero-order chi connectivity index (χ0) is 16.5. The number of benzene rings is 1. The molecule has 0 N–H and O–H groups in total. The number of anilines is 1. The lowest BCUT2D eigenvalue weighted by atomic mass is 10.1. The molecule has 0 saturated heterocycles. The summed E-state index contributed by atoms with van der Waals surface area (Å²) in [5.74, 6) is -0.868. The van der Waals surface area contributed by atoms with Gasteiger partial charge < -0.3 is 4.74 Å². The minimum absolute atomic E-state index is 0.0531. The van der Waals surface area contributed by atoms with Crippen LogP contribution in [0.25, 0.3) is 0 Å². The van der Waals surface area contributed by atoms with Crippen LogP contribution < -0.4 is 5.01 Å². The second-order valence-corrected chi connectivity index (χ2v) is 5.37. The van der Waals surface area contributed by atoms with E-state index in [1.54, 1.807) is 6.92 Å². The van der Waals surface area contributed by atoms with Crippen molar-refractivity contribution in [2.24, 2.45) is 5.10 Å². The summed E-state index contributed by atoms with van der Waals surface area (Å²) in [5.41, 5.74) is -0.237. The summed E-state index contributed by atoms with van der Waals surface area (Å²) in [6.45, 7) is 1.61. The van der Waals surface area contributed by atoms with Crippen LogP contribution in [0.4, 0.5) is 18.9 Å². The number of esters is 1. The van der Waals surface area contributed by atoms with Crippen molar-refractivity contribution in [2.75, 3.05) is 11.6 Å². The van der Waals surface area contributed by atoms with E-state index in [1.807, 2.05) is 0 Å². The molecule has 0 fully saturated rings. The maximum absolute atomic E-state index is 13.2. The van der Waals surface area contributed by atoms with Crippen molar-refractivity contribution in [2.45, 2.75) is 25.6 Å². The van der Waals surface area contributed by atoms with Crippen LogP contribution in [0, 0.1) is 0 Å². The predicted octanol–water partition coefficient (Wildman–Crippen LogP) is 4.05. The Hall–Kier alpha value is -1.47. The summed E-state index contributed by atoms with van der Waals surface area (Å²) in [6, 6.07) is 2.01. The molecule has 1 aromatic rings. The van der Waals surface area contributed by atoms with Gasteiger partial charge in [-0.3, -0.25) is 5.01 Å². The van der Waals surface area contributed by atoms with Crippen molar-refractivity contribution in [1.29, 1.82) is 0 Å². The first-order chi connectivity index (χ1) is 10.2. The van der Waals surface area contributed by atoms with Gasteiger partial charge in [0, 0.05) is 16.5 Å². The maximum Gasteiger partial charge on any atom is 0.411 e. The van der Waals surface area contributed by atoms with E-state index in [0.717, 1.165) is 0 Å². The van der Waals surface area contributed by atoms with Gasteiger partial charge >= 0.3 is 12.1 Å². The average molecular weight is 355 g/mol. The zero-order valence-corrected chi connectivity index (χ0v) is 12.8. The van der Waals surface area contributed by atoms with Gasteiger partial charge in [0.2, 0.25) is 0 Å². The molecule has 4 nitrogen and oxygen atoms in total. The van der Waals surface area contributed by atoms with E-state index in [9.17, 15) is 18.0 Å². The van der Waals surface area contributed by atoms with E-state index >= 15 is 0 Å². The summed E-state index contributed by atoms with van der Waals surface area (Å²) in [4.78, 5) is 11.6. The number of ether oxygens (including phenoxy) is 1. The van der Waals surface area contributed by atoms with E-state index in [2.05, 4.69) is 5.10 Å². The predicted molar refractivity (Wildman–Crippen MR) is 77.5 cm³/mol. The van der Waals surface area contributed by atoms with Crippen LogP contribution in [0.3, 0.4) is 0 Å². The number of hydrogen-bond acceptors (Lipinski definition) is 4. The summed E-state index contributed by atoms with van der Waals surface area (Å²) in [5, 5.41) is 4.78. The molecule has 1 atom stereocenters. The van der Waals surface area contributed by atoms with Crippen LogP contribution in [0.15, 0.2) is 23.3 Å². The SMILES string of the molecule is CCOC(=O)C1=NN(c2cc(Cl)cc(Cl)c2)C(C(F)(F)F)C1. The van der Waals surface area contributed by atoms with Crippen LogP contribution in [0.1, 0.15) is 13.3 Å². The molecule has 1 aromatic carbocycles. The van der Waals surface area contributed by atoms with Crippen LogP contribution in [0.2, 0.25) is 10.0 Å². The van der Waals surface area contributed by atoms with Crippen LogP contribution in [0.5, 0.6) is 0 Å². The largest absolute Gasteiger partial charge is 0.461 e. The van der Waals surface area contributed by atoms with Crippen LogP contribution in [-0.2, 0) is 9.53 Å². The molecule has 0 aromatic heterocycles. The molecule has 0 bridgehead atoms. The molecule has 9 heteroatoms. The first kappa shape index (κ1) is 16.9. The number of carbonyl (C=O) groups is 1. The van der Waals surface area contributed by atoms with Gasteiger partial charge in [0.1, 0.15) is 5.71 Å². The molecule has 0 spiro atoms. The second-order valence-electron chi connectivity index (χ2n) is 4.50. The van der Waals surface area contributed by atoms with Crippen LogP contribution in [-0.4, -0.2) is 30.5 Å². The number of hydrogen-bond donors (Lipinski definition) is 0. The Balaban J connectivity index is 2.40. The maximum atomic E-state index is 13.2. The van der Waals surface area contributed by atoms with E-state index in [-0.39, 0.29) is 28.1 Å². The topological polar surface area (TPSA) is 41.9 Å². The van der Waals surface area contributed by atoms with Gasteiger partial charge in [-0.15, -0.1) is 0 Å². The van der Waals surface area contributed by atoms with E-state index in [4.69, 9.17) is 27.9 Å². The van der Waals surface area contributed by atoms with Crippen molar-refractivity contribution >= 4 is 40.6 Å². The first-order valence-corrected chi connectivity index (χ1v) is 7.04. The van der Waals surface area contributed by atoms with Gasteiger partial charge in [-0.25, -0.2) is 4.79 Å². The summed E-state index contributed by atoms with van der Waals surface area (Å²) >= 11 is 11.6. The Bertz CT molecular complexity index is 600. The molecule has 0 radical (unpaired) electrons. The van der Waals surface area contributed by atoms with Gasteiger partial charge in [-0.2, -0.15) is 18.3 Å². The molecular formula is C13H11Cl2F3N2O2. The minimum atomic E-state index is -4.58. The Labute approximate surface area is 134 Å². The van der Waals surface area contributed by atoms with E-state index < -0.39 is 24.6 Å². The third-order valence-corrected chi connectivity index (χ3v) is 3.35. The fraction of sp³-hybridized carbons (Fsp3) is 0.385. The first-order valence-electron chi connectivity index (χ1n) is 6.29. The number of rotatable bonds is 3. The number of halogens is 5. The number of carbonyl (C=O) groups excluding carboxylic acids is 1. The Morgan fingerprint density at radius 1 is 1.36 bits per heavy atom. The van der Waals surface area contributed by atoms with E-state index in [1.165, 1.54) is 18.2 Å². The van der Waals surface area contributed by atoms with Crippen molar-refractivity contribution in [3.63, 3.8) is 0 Å². The Kier molecular flexibility index (Phi) is 4.87. The number of hydrazone groups is 1. The second kappa shape index (κ2) is 6.34. The summed E-state index contributed by atoms with van der Waals surface area (Å²) in [6.07, 6.45) is -5.17. The monoisotopic (exact) mass is 354 g/mol. The summed E-state index contributed by atoms with van der Waals surface area (Å²) in [7, 11) is 0. The smallest absolute Gasteiger partial charge is 0.411 e. The molecular weight excluding hydrogens is 344 g/mol.